The molecular weight excluding hydrogens is 144 g/mol. The Hall–Kier alpha value is -0.380. The summed E-state index contributed by atoms with van der Waals surface area (Å²) in [6.07, 6.45) is 2.23. The van der Waals surface area contributed by atoms with Gasteiger partial charge in [0, 0.05) is 0 Å². The Balaban J connectivity index is 2.43. The molecule has 2 N–H and O–H groups in total. The third-order valence-corrected chi connectivity index (χ3v) is 1.97. The lowest BCUT2D eigenvalue weighted by molar-refractivity contribution is -0.118. The summed E-state index contributed by atoms with van der Waals surface area (Å²) in [5.74, 6) is 0. The highest BCUT2D eigenvalue weighted by molar-refractivity contribution is 4.87. The molecule has 11 heavy (non-hydrogen) atoms. The molecule has 0 saturated carbocycles. The molecule has 3 heteroatoms. The minimum atomic E-state index is -0.517. The summed E-state index contributed by atoms with van der Waals surface area (Å²) < 4.78 is 5.28. The molecule has 3 atom stereocenters. The largest absolute Gasteiger partial charge is 0.394 e. The van der Waals surface area contributed by atoms with Gasteiger partial charge in [0.25, 0.3) is 0 Å². The first kappa shape index (κ1) is 8.71. The van der Waals surface area contributed by atoms with Crippen LogP contribution in [-0.2, 0) is 4.74 Å². The molecule has 0 spiro atoms. The Bertz CT molecular complexity index is 135. The highest BCUT2D eigenvalue weighted by Gasteiger charge is 2.27. The van der Waals surface area contributed by atoms with Crippen LogP contribution < -0.4 is 0 Å². The number of aliphatic hydroxyl groups is 2. The van der Waals surface area contributed by atoms with E-state index in [2.05, 4.69) is 6.58 Å². The van der Waals surface area contributed by atoms with Crippen LogP contribution in [-0.4, -0.2) is 35.1 Å². The number of ether oxygens (including phenoxy) is 1. The summed E-state index contributed by atoms with van der Waals surface area (Å²) >= 11 is 0. The van der Waals surface area contributed by atoms with Gasteiger partial charge in [-0.15, -0.1) is 6.58 Å². The molecule has 3 nitrogen and oxygen atoms in total. The maximum atomic E-state index is 9.26. The van der Waals surface area contributed by atoms with Gasteiger partial charge in [0.05, 0.1) is 18.8 Å². The zero-order chi connectivity index (χ0) is 8.27. The third kappa shape index (κ3) is 2.02. The van der Waals surface area contributed by atoms with E-state index >= 15 is 0 Å². The van der Waals surface area contributed by atoms with Gasteiger partial charge in [0.15, 0.2) is 0 Å². The third-order valence-electron chi connectivity index (χ3n) is 1.97. The standard InChI is InChI=1S/C8H14O3/c1-2-6-3-4-7(10)8(5-9)11-6/h2,6-10H,1,3-5H2. The molecule has 1 saturated heterocycles. The van der Waals surface area contributed by atoms with Crippen molar-refractivity contribution >= 4 is 0 Å². The van der Waals surface area contributed by atoms with Crippen molar-refractivity contribution in [1.29, 1.82) is 0 Å². The number of aliphatic hydroxyl groups excluding tert-OH is 2. The normalized spacial score (nSPS) is 38.5. The lowest BCUT2D eigenvalue weighted by Gasteiger charge is -2.31. The van der Waals surface area contributed by atoms with Gasteiger partial charge in [0.1, 0.15) is 6.10 Å². The Kier molecular flexibility index (Phi) is 3.05. The Morgan fingerprint density at radius 1 is 1.55 bits per heavy atom. The van der Waals surface area contributed by atoms with Crippen molar-refractivity contribution in [3.8, 4) is 0 Å². The molecule has 1 aliphatic rings. The summed E-state index contributed by atoms with van der Waals surface area (Å²) in [4.78, 5) is 0. The molecule has 1 rings (SSSR count). The summed E-state index contributed by atoms with van der Waals surface area (Å²) in [5.41, 5.74) is 0. The van der Waals surface area contributed by atoms with Crippen LogP contribution in [0.1, 0.15) is 12.8 Å². The zero-order valence-electron chi connectivity index (χ0n) is 6.44. The molecular formula is C8H14O3. The molecule has 64 valence electrons. The predicted molar refractivity (Wildman–Crippen MR) is 41.2 cm³/mol. The van der Waals surface area contributed by atoms with Crippen molar-refractivity contribution in [3.63, 3.8) is 0 Å². The molecule has 1 heterocycles. The first-order valence-corrected chi connectivity index (χ1v) is 3.85. The predicted octanol–water partition coefficient (Wildman–Crippen LogP) is 0.0732. The van der Waals surface area contributed by atoms with Crippen LogP contribution in [0.4, 0.5) is 0 Å². The lowest BCUT2D eigenvalue weighted by atomic mass is 10.0. The molecule has 0 aromatic heterocycles. The minimum absolute atomic E-state index is 0.00412. The second-order valence-electron chi connectivity index (χ2n) is 2.78. The van der Waals surface area contributed by atoms with Crippen LogP contribution >= 0.6 is 0 Å². The van der Waals surface area contributed by atoms with Crippen LogP contribution in [0.15, 0.2) is 12.7 Å². The highest BCUT2D eigenvalue weighted by Crippen LogP contribution is 2.19. The monoisotopic (exact) mass is 158 g/mol. The SMILES string of the molecule is C=CC1CCC(O)C(CO)O1. The fraction of sp³-hybridized carbons (Fsp3) is 0.750. The van der Waals surface area contributed by atoms with E-state index in [1.54, 1.807) is 6.08 Å². The van der Waals surface area contributed by atoms with Crippen molar-refractivity contribution < 1.29 is 14.9 Å². The minimum Gasteiger partial charge on any atom is -0.394 e. The maximum absolute atomic E-state index is 9.26. The van der Waals surface area contributed by atoms with E-state index in [4.69, 9.17) is 9.84 Å². The second kappa shape index (κ2) is 3.85. The Morgan fingerprint density at radius 2 is 2.27 bits per heavy atom. The van der Waals surface area contributed by atoms with E-state index in [1.807, 2.05) is 0 Å². The Morgan fingerprint density at radius 3 is 2.82 bits per heavy atom. The average molecular weight is 158 g/mol. The molecule has 0 amide bonds. The van der Waals surface area contributed by atoms with Crippen molar-refractivity contribution in [3.05, 3.63) is 12.7 Å². The van der Waals surface area contributed by atoms with Crippen molar-refractivity contribution in [2.24, 2.45) is 0 Å². The van der Waals surface area contributed by atoms with Gasteiger partial charge in [-0.05, 0) is 12.8 Å². The van der Waals surface area contributed by atoms with Gasteiger partial charge >= 0.3 is 0 Å². The highest BCUT2D eigenvalue weighted by atomic mass is 16.5. The van der Waals surface area contributed by atoms with Crippen LogP contribution in [0, 0.1) is 0 Å². The molecule has 0 radical (unpaired) electrons. The average Bonchev–Trinajstić information content (AvgIpc) is 2.05. The van der Waals surface area contributed by atoms with Gasteiger partial charge in [-0.2, -0.15) is 0 Å². The fourth-order valence-corrected chi connectivity index (χ4v) is 1.24. The van der Waals surface area contributed by atoms with E-state index in [1.165, 1.54) is 0 Å². The van der Waals surface area contributed by atoms with E-state index in [9.17, 15) is 5.11 Å². The first-order chi connectivity index (χ1) is 5.27. The van der Waals surface area contributed by atoms with E-state index < -0.39 is 12.2 Å². The zero-order valence-corrected chi connectivity index (χ0v) is 6.44. The maximum Gasteiger partial charge on any atom is 0.107 e. The second-order valence-corrected chi connectivity index (χ2v) is 2.78. The molecule has 0 aromatic carbocycles. The molecule has 0 bridgehead atoms. The van der Waals surface area contributed by atoms with E-state index in [0.717, 1.165) is 6.42 Å². The first-order valence-electron chi connectivity index (χ1n) is 3.85. The van der Waals surface area contributed by atoms with E-state index in [-0.39, 0.29) is 12.7 Å². The van der Waals surface area contributed by atoms with Gasteiger partial charge in [-0.3, -0.25) is 0 Å². The van der Waals surface area contributed by atoms with Gasteiger partial charge in [-0.25, -0.2) is 0 Å². The number of rotatable bonds is 2. The summed E-state index contributed by atoms with van der Waals surface area (Å²) in [6.45, 7) is 3.47. The van der Waals surface area contributed by atoms with Crippen LogP contribution in [0.2, 0.25) is 0 Å². The Labute approximate surface area is 66.3 Å². The fourth-order valence-electron chi connectivity index (χ4n) is 1.24. The molecule has 0 aromatic rings. The van der Waals surface area contributed by atoms with Crippen LogP contribution in [0.25, 0.3) is 0 Å². The summed E-state index contributed by atoms with van der Waals surface area (Å²) in [5, 5.41) is 18.0. The summed E-state index contributed by atoms with van der Waals surface area (Å²) in [6, 6.07) is 0. The van der Waals surface area contributed by atoms with Crippen molar-refractivity contribution in [2.75, 3.05) is 6.61 Å². The summed E-state index contributed by atoms with van der Waals surface area (Å²) in [7, 11) is 0. The lowest BCUT2D eigenvalue weighted by Crippen LogP contribution is -2.40. The van der Waals surface area contributed by atoms with Crippen molar-refractivity contribution in [1.82, 2.24) is 0 Å². The van der Waals surface area contributed by atoms with E-state index in [0.29, 0.717) is 6.42 Å². The van der Waals surface area contributed by atoms with Crippen molar-refractivity contribution in [2.45, 2.75) is 31.2 Å². The van der Waals surface area contributed by atoms with Gasteiger partial charge in [-0.1, -0.05) is 6.08 Å². The van der Waals surface area contributed by atoms with Gasteiger partial charge in [0.2, 0.25) is 0 Å². The number of hydrogen-bond acceptors (Lipinski definition) is 3. The molecule has 1 fully saturated rings. The molecule has 0 aliphatic carbocycles. The number of hydrogen-bond donors (Lipinski definition) is 2. The van der Waals surface area contributed by atoms with Crippen LogP contribution in [0.5, 0.6) is 0 Å². The van der Waals surface area contributed by atoms with Crippen LogP contribution in [0.3, 0.4) is 0 Å². The topological polar surface area (TPSA) is 49.7 Å². The smallest absolute Gasteiger partial charge is 0.107 e. The quantitative estimate of drug-likeness (QED) is 0.559. The van der Waals surface area contributed by atoms with Gasteiger partial charge < -0.3 is 14.9 Å². The molecule has 1 aliphatic heterocycles. The molecule has 3 unspecified atom stereocenters.